The maximum absolute atomic E-state index is 11.4. The normalized spacial score (nSPS) is 13.1. The minimum Gasteiger partial charge on any atom is -0.311 e. The van der Waals surface area contributed by atoms with Crippen LogP contribution in [0, 0.1) is 0 Å². The minimum atomic E-state index is -2.83. The zero-order chi connectivity index (χ0) is 11.2. The largest absolute Gasteiger partial charge is 0.311 e. The van der Waals surface area contributed by atoms with E-state index in [4.69, 9.17) is 0 Å². The fourth-order valence-electron chi connectivity index (χ4n) is 1.05. The van der Waals surface area contributed by atoms with Crippen LogP contribution in [0.1, 0.15) is 40.5 Å². The third kappa shape index (κ3) is 8.51. The highest BCUT2D eigenvalue weighted by Gasteiger charge is 2.13. The van der Waals surface area contributed by atoms with Gasteiger partial charge in [-0.1, -0.05) is 13.3 Å². The summed E-state index contributed by atoms with van der Waals surface area (Å²) in [4.78, 5) is 0. The number of sulfone groups is 1. The van der Waals surface area contributed by atoms with E-state index >= 15 is 0 Å². The Morgan fingerprint density at radius 2 is 1.71 bits per heavy atom. The summed E-state index contributed by atoms with van der Waals surface area (Å²) in [5, 5.41) is 3.18. The highest BCUT2D eigenvalue weighted by Crippen LogP contribution is 2.00. The molecule has 0 amide bonds. The topological polar surface area (TPSA) is 46.2 Å². The van der Waals surface area contributed by atoms with Gasteiger partial charge in [0.05, 0.1) is 11.5 Å². The van der Waals surface area contributed by atoms with E-state index in [-0.39, 0.29) is 11.3 Å². The van der Waals surface area contributed by atoms with Gasteiger partial charge in [0.1, 0.15) is 0 Å². The monoisotopic (exact) mass is 221 g/mol. The predicted molar refractivity (Wildman–Crippen MR) is 61.3 cm³/mol. The molecule has 0 fully saturated rings. The van der Waals surface area contributed by atoms with Crippen LogP contribution in [0.2, 0.25) is 0 Å². The van der Waals surface area contributed by atoms with Gasteiger partial charge in [-0.2, -0.15) is 0 Å². The fraction of sp³-hybridized carbons (Fsp3) is 1.00. The van der Waals surface area contributed by atoms with Crippen LogP contribution in [0.4, 0.5) is 0 Å². The van der Waals surface area contributed by atoms with Crippen molar-refractivity contribution in [2.45, 2.75) is 46.1 Å². The molecule has 0 spiro atoms. The Morgan fingerprint density at radius 3 is 2.14 bits per heavy atom. The van der Waals surface area contributed by atoms with E-state index in [2.05, 4.69) is 5.32 Å². The molecular weight excluding hydrogens is 198 g/mol. The molecule has 0 aromatic heterocycles. The Morgan fingerprint density at radius 1 is 1.14 bits per heavy atom. The van der Waals surface area contributed by atoms with Crippen molar-refractivity contribution in [2.24, 2.45) is 0 Å². The van der Waals surface area contributed by atoms with Crippen molar-refractivity contribution in [3.05, 3.63) is 0 Å². The average Bonchev–Trinajstić information content (AvgIpc) is 1.98. The van der Waals surface area contributed by atoms with Crippen LogP contribution in [0.3, 0.4) is 0 Å². The quantitative estimate of drug-likeness (QED) is 0.741. The van der Waals surface area contributed by atoms with Crippen LogP contribution in [-0.2, 0) is 9.84 Å². The Bertz CT molecular complexity index is 239. The predicted octanol–water partition coefficient (Wildman–Crippen LogP) is 1.59. The molecule has 14 heavy (non-hydrogen) atoms. The highest BCUT2D eigenvalue weighted by molar-refractivity contribution is 7.91. The standard InChI is InChI=1S/C10H23NO2S/c1-5-6-8-14(12,13)9-7-11-10(2,3)4/h11H,5-9H2,1-4H3. The van der Waals surface area contributed by atoms with Crippen molar-refractivity contribution in [3.8, 4) is 0 Å². The molecule has 0 bridgehead atoms. The molecule has 0 aliphatic rings. The van der Waals surface area contributed by atoms with E-state index < -0.39 is 9.84 Å². The van der Waals surface area contributed by atoms with Gasteiger partial charge in [0.15, 0.2) is 9.84 Å². The van der Waals surface area contributed by atoms with Crippen LogP contribution in [-0.4, -0.2) is 32.0 Å². The molecule has 0 heterocycles. The first kappa shape index (κ1) is 13.9. The molecule has 0 saturated heterocycles. The van der Waals surface area contributed by atoms with Crippen LogP contribution < -0.4 is 5.32 Å². The highest BCUT2D eigenvalue weighted by atomic mass is 32.2. The molecule has 0 saturated carbocycles. The lowest BCUT2D eigenvalue weighted by Crippen LogP contribution is -2.39. The molecule has 0 aromatic carbocycles. The summed E-state index contributed by atoms with van der Waals surface area (Å²) in [7, 11) is -2.83. The van der Waals surface area contributed by atoms with Crippen molar-refractivity contribution in [3.63, 3.8) is 0 Å². The van der Waals surface area contributed by atoms with Gasteiger partial charge in [-0.05, 0) is 27.2 Å². The minimum absolute atomic E-state index is 0.000274. The van der Waals surface area contributed by atoms with E-state index in [1.165, 1.54) is 0 Å². The van der Waals surface area contributed by atoms with Gasteiger partial charge in [-0.3, -0.25) is 0 Å². The van der Waals surface area contributed by atoms with Gasteiger partial charge >= 0.3 is 0 Å². The molecule has 0 aliphatic carbocycles. The number of hydrogen-bond donors (Lipinski definition) is 1. The fourth-order valence-corrected chi connectivity index (χ4v) is 2.39. The first-order chi connectivity index (χ1) is 6.27. The van der Waals surface area contributed by atoms with E-state index in [0.717, 1.165) is 12.8 Å². The lowest BCUT2D eigenvalue weighted by atomic mass is 10.1. The molecule has 0 atom stereocenters. The number of hydrogen-bond acceptors (Lipinski definition) is 3. The summed E-state index contributed by atoms with van der Waals surface area (Å²) in [6, 6.07) is 0. The van der Waals surface area contributed by atoms with Crippen LogP contribution in [0.25, 0.3) is 0 Å². The summed E-state index contributed by atoms with van der Waals surface area (Å²) in [5.74, 6) is 0.583. The van der Waals surface area contributed by atoms with E-state index in [9.17, 15) is 8.42 Å². The average molecular weight is 221 g/mol. The second kappa shape index (κ2) is 5.71. The first-order valence-corrected chi connectivity index (χ1v) is 7.04. The van der Waals surface area contributed by atoms with Gasteiger partial charge in [0.2, 0.25) is 0 Å². The summed E-state index contributed by atoms with van der Waals surface area (Å²) in [5.41, 5.74) is 0.000274. The number of rotatable bonds is 6. The lowest BCUT2D eigenvalue weighted by molar-refractivity contribution is 0.438. The molecule has 4 heteroatoms. The molecular formula is C10H23NO2S. The first-order valence-electron chi connectivity index (χ1n) is 5.22. The second-order valence-electron chi connectivity index (χ2n) is 4.68. The second-order valence-corrected chi connectivity index (χ2v) is 6.99. The van der Waals surface area contributed by atoms with Crippen LogP contribution in [0.15, 0.2) is 0 Å². The van der Waals surface area contributed by atoms with Crippen molar-refractivity contribution >= 4 is 9.84 Å². The van der Waals surface area contributed by atoms with Crippen molar-refractivity contribution in [1.82, 2.24) is 5.32 Å². The van der Waals surface area contributed by atoms with Gasteiger partial charge in [-0.15, -0.1) is 0 Å². The Labute approximate surface area is 88.2 Å². The molecule has 0 unspecified atom stereocenters. The zero-order valence-corrected chi connectivity index (χ0v) is 10.6. The Hall–Kier alpha value is -0.0900. The van der Waals surface area contributed by atoms with Crippen molar-refractivity contribution < 1.29 is 8.42 Å². The molecule has 1 N–H and O–H groups in total. The molecule has 0 rings (SSSR count). The van der Waals surface area contributed by atoms with Gasteiger partial charge in [-0.25, -0.2) is 8.42 Å². The van der Waals surface area contributed by atoms with Crippen LogP contribution in [0.5, 0.6) is 0 Å². The molecule has 0 radical (unpaired) electrons. The van der Waals surface area contributed by atoms with Gasteiger partial charge < -0.3 is 5.32 Å². The van der Waals surface area contributed by atoms with Gasteiger partial charge in [0, 0.05) is 12.1 Å². The SMILES string of the molecule is CCCCS(=O)(=O)CCNC(C)(C)C. The summed E-state index contributed by atoms with van der Waals surface area (Å²) in [6.07, 6.45) is 1.71. The Kier molecular flexibility index (Phi) is 5.67. The summed E-state index contributed by atoms with van der Waals surface area (Å²) < 4.78 is 22.9. The maximum atomic E-state index is 11.4. The van der Waals surface area contributed by atoms with E-state index in [1.807, 2.05) is 27.7 Å². The molecule has 0 aliphatic heterocycles. The van der Waals surface area contributed by atoms with Gasteiger partial charge in [0.25, 0.3) is 0 Å². The van der Waals surface area contributed by atoms with E-state index in [1.54, 1.807) is 0 Å². The summed E-state index contributed by atoms with van der Waals surface area (Å²) in [6.45, 7) is 8.65. The molecule has 0 aromatic rings. The third-order valence-electron chi connectivity index (χ3n) is 1.88. The maximum Gasteiger partial charge on any atom is 0.151 e. The lowest BCUT2D eigenvalue weighted by Gasteiger charge is -2.20. The zero-order valence-electron chi connectivity index (χ0n) is 9.76. The number of nitrogens with one attached hydrogen (secondary N) is 1. The summed E-state index contributed by atoms with van der Waals surface area (Å²) >= 11 is 0. The Balaban J connectivity index is 3.78. The van der Waals surface area contributed by atoms with Crippen molar-refractivity contribution in [2.75, 3.05) is 18.1 Å². The van der Waals surface area contributed by atoms with Crippen molar-refractivity contribution in [1.29, 1.82) is 0 Å². The third-order valence-corrected chi connectivity index (χ3v) is 3.61. The smallest absolute Gasteiger partial charge is 0.151 e. The van der Waals surface area contributed by atoms with Crippen LogP contribution >= 0.6 is 0 Å². The molecule has 86 valence electrons. The number of unbranched alkanes of at least 4 members (excludes halogenated alkanes) is 1. The molecule has 3 nitrogen and oxygen atoms in total. The van der Waals surface area contributed by atoms with E-state index in [0.29, 0.717) is 12.3 Å².